The highest BCUT2D eigenvalue weighted by molar-refractivity contribution is 7.89. The summed E-state index contributed by atoms with van der Waals surface area (Å²) in [6.07, 6.45) is 3.22. The highest BCUT2D eigenvalue weighted by Crippen LogP contribution is 2.27. The van der Waals surface area contributed by atoms with E-state index in [1.54, 1.807) is 30.6 Å². The maximum atomic E-state index is 12.9. The van der Waals surface area contributed by atoms with Crippen molar-refractivity contribution in [3.63, 3.8) is 0 Å². The molecule has 0 bridgehead atoms. The topological polar surface area (TPSA) is 80.6 Å². The van der Waals surface area contributed by atoms with Crippen LogP contribution in [-0.4, -0.2) is 27.6 Å². The van der Waals surface area contributed by atoms with Gasteiger partial charge in [0.05, 0.1) is 11.4 Å². The molecule has 0 radical (unpaired) electrons. The van der Waals surface area contributed by atoms with Crippen molar-refractivity contribution < 1.29 is 8.42 Å². The zero-order chi connectivity index (χ0) is 17.4. The zero-order valence-corrected chi connectivity index (χ0v) is 14.4. The van der Waals surface area contributed by atoms with Gasteiger partial charge in [0.1, 0.15) is 5.69 Å². The van der Waals surface area contributed by atoms with Crippen LogP contribution in [0.1, 0.15) is 11.1 Å². The lowest BCUT2D eigenvalue weighted by molar-refractivity contribution is 0.587. The Balaban J connectivity index is 1.77. The molecule has 4 aromatic rings. The van der Waals surface area contributed by atoms with Crippen LogP contribution in [0.25, 0.3) is 22.4 Å². The Kier molecular flexibility index (Phi) is 3.65. The number of nitrogens with zero attached hydrogens (tertiary/aromatic N) is 3. The third kappa shape index (κ3) is 2.83. The summed E-state index contributed by atoms with van der Waals surface area (Å²) in [5.41, 5.74) is 3.56. The molecule has 0 amide bonds. The van der Waals surface area contributed by atoms with Crippen LogP contribution in [0.5, 0.6) is 0 Å². The van der Waals surface area contributed by atoms with Gasteiger partial charge in [-0.25, -0.2) is 17.4 Å². The van der Waals surface area contributed by atoms with E-state index in [4.69, 9.17) is 0 Å². The summed E-state index contributed by atoms with van der Waals surface area (Å²) >= 11 is 0. The predicted octanol–water partition coefficient (Wildman–Crippen LogP) is 3.11. The van der Waals surface area contributed by atoms with E-state index >= 15 is 0 Å². The molecule has 25 heavy (non-hydrogen) atoms. The second kappa shape index (κ2) is 5.86. The zero-order valence-electron chi connectivity index (χ0n) is 13.5. The molecule has 0 unspecified atom stereocenters. The number of nitrogens with one attached hydrogen (secondary N) is 1. The van der Waals surface area contributed by atoms with E-state index in [0.717, 1.165) is 16.5 Å². The van der Waals surface area contributed by atoms with Gasteiger partial charge in [0.2, 0.25) is 10.0 Å². The van der Waals surface area contributed by atoms with Gasteiger partial charge in [0.25, 0.3) is 0 Å². The first kappa shape index (κ1) is 15.6. The van der Waals surface area contributed by atoms with E-state index in [1.165, 1.54) is 3.97 Å². The number of benzene rings is 1. The van der Waals surface area contributed by atoms with E-state index in [2.05, 4.69) is 15.2 Å². The molecule has 0 fully saturated rings. The first-order valence-electron chi connectivity index (χ1n) is 7.80. The number of rotatable bonds is 4. The molecule has 0 atom stereocenters. The maximum absolute atomic E-state index is 12.9. The lowest BCUT2D eigenvalue weighted by Gasteiger charge is -2.10. The molecule has 1 N–H and O–H groups in total. The Labute approximate surface area is 145 Å². The number of aromatic nitrogens is 4. The summed E-state index contributed by atoms with van der Waals surface area (Å²) < 4.78 is 27.1. The predicted molar refractivity (Wildman–Crippen MR) is 96.5 cm³/mol. The molecule has 4 rings (SSSR count). The maximum Gasteiger partial charge on any atom is 0.243 e. The molecule has 6 nitrogen and oxygen atoms in total. The van der Waals surface area contributed by atoms with Crippen molar-refractivity contribution in [3.8, 4) is 11.4 Å². The number of fused-ring (bicyclic) bond motifs is 1. The van der Waals surface area contributed by atoms with E-state index < -0.39 is 10.0 Å². The third-order valence-electron chi connectivity index (χ3n) is 4.06. The highest BCUT2D eigenvalue weighted by atomic mass is 32.2. The van der Waals surface area contributed by atoms with Gasteiger partial charge in [0, 0.05) is 17.8 Å². The summed E-state index contributed by atoms with van der Waals surface area (Å²) in [6.45, 7) is 1.97. The fourth-order valence-corrected chi connectivity index (χ4v) is 4.26. The Morgan fingerprint density at radius 1 is 1.08 bits per heavy atom. The fourth-order valence-electron chi connectivity index (χ4n) is 2.81. The Morgan fingerprint density at radius 3 is 2.68 bits per heavy atom. The van der Waals surface area contributed by atoms with Crippen LogP contribution in [0.4, 0.5) is 0 Å². The minimum Gasteiger partial charge on any atom is -0.260 e. The molecule has 0 aliphatic carbocycles. The fraction of sp³-hybridized carbons (Fsp3) is 0.111. The van der Waals surface area contributed by atoms with Crippen LogP contribution >= 0.6 is 0 Å². The van der Waals surface area contributed by atoms with Gasteiger partial charge in [0.15, 0.2) is 5.65 Å². The standard InChI is InChI=1S/C18H16N4O2S/c1-13-6-8-14(9-7-13)12-25(23,24)22-11-3-5-16(22)17-15-4-2-10-19-18(15)21-20-17/h2-11H,12H2,1H3,(H,19,20,21). The number of aryl methyl sites for hydroxylation is 1. The first-order valence-corrected chi connectivity index (χ1v) is 9.41. The van der Waals surface area contributed by atoms with E-state index in [9.17, 15) is 8.42 Å². The number of hydrogen-bond donors (Lipinski definition) is 1. The van der Waals surface area contributed by atoms with Gasteiger partial charge >= 0.3 is 0 Å². The molecule has 1 aromatic carbocycles. The van der Waals surface area contributed by atoms with Crippen molar-refractivity contribution in [2.75, 3.05) is 0 Å². The van der Waals surface area contributed by atoms with E-state index in [-0.39, 0.29) is 5.75 Å². The number of pyridine rings is 1. The molecule has 0 saturated carbocycles. The number of hydrogen-bond acceptors (Lipinski definition) is 4. The van der Waals surface area contributed by atoms with Gasteiger partial charge < -0.3 is 0 Å². The molecular formula is C18H16N4O2S. The molecule has 0 spiro atoms. The minimum atomic E-state index is -3.57. The molecule has 7 heteroatoms. The lowest BCUT2D eigenvalue weighted by atomic mass is 10.2. The van der Waals surface area contributed by atoms with Crippen LogP contribution in [0, 0.1) is 6.92 Å². The van der Waals surface area contributed by atoms with Crippen molar-refractivity contribution in [1.82, 2.24) is 19.2 Å². The summed E-state index contributed by atoms with van der Waals surface area (Å²) in [6, 6.07) is 14.6. The second-order valence-corrected chi connectivity index (χ2v) is 7.75. The van der Waals surface area contributed by atoms with Gasteiger partial charge in [-0.05, 0) is 36.8 Å². The quantitative estimate of drug-likeness (QED) is 0.612. The molecular weight excluding hydrogens is 336 g/mol. The van der Waals surface area contributed by atoms with Crippen molar-refractivity contribution in [3.05, 3.63) is 72.1 Å². The van der Waals surface area contributed by atoms with Crippen LogP contribution < -0.4 is 0 Å². The molecule has 0 saturated heterocycles. The van der Waals surface area contributed by atoms with Crippen molar-refractivity contribution in [2.24, 2.45) is 0 Å². The largest absolute Gasteiger partial charge is 0.260 e. The van der Waals surface area contributed by atoms with Crippen molar-refractivity contribution >= 4 is 21.1 Å². The van der Waals surface area contributed by atoms with Crippen LogP contribution in [0.2, 0.25) is 0 Å². The smallest absolute Gasteiger partial charge is 0.243 e. The van der Waals surface area contributed by atoms with Crippen LogP contribution in [-0.2, 0) is 15.8 Å². The second-order valence-electron chi connectivity index (χ2n) is 5.90. The van der Waals surface area contributed by atoms with Gasteiger partial charge in [-0.2, -0.15) is 5.10 Å². The SMILES string of the molecule is Cc1ccc(CS(=O)(=O)n2cccc2-c2n[nH]c3ncccc23)cc1. The average molecular weight is 352 g/mol. The van der Waals surface area contributed by atoms with Crippen molar-refractivity contribution in [1.29, 1.82) is 0 Å². The number of aromatic amines is 1. The Bertz CT molecular complexity index is 1140. The molecule has 0 aliphatic heterocycles. The third-order valence-corrected chi connectivity index (χ3v) is 5.68. The Hall–Kier alpha value is -2.93. The highest BCUT2D eigenvalue weighted by Gasteiger charge is 2.21. The lowest BCUT2D eigenvalue weighted by Crippen LogP contribution is -2.15. The van der Waals surface area contributed by atoms with Crippen LogP contribution in [0.3, 0.4) is 0 Å². The van der Waals surface area contributed by atoms with Crippen molar-refractivity contribution in [2.45, 2.75) is 12.7 Å². The molecule has 3 aromatic heterocycles. The summed E-state index contributed by atoms with van der Waals surface area (Å²) in [4.78, 5) is 4.20. The van der Waals surface area contributed by atoms with Gasteiger partial charge in [-0.15, -0.1) is 0 Å². The normalized spacial score (nSPS) is 11.9. The number of H-pyrrole nitrogens is 1. The minimum absolute atomic E-state index is 0.0738. The van der Waals surface area contributed by atoms with E-state index in [1.807, 2.05) is 37.3 Å². The average Bonchev–Trinajstić information content (AvgIpc) is 3.23. The van der Waals surface area contributed by atoms with Gasteiger partial charge in [-0.3, -0.25) is 5.10 Å². The Morgan fingerprint density at radius 2 is 1.88 bits per heavy atom. The molecule has 3 heterocycles. The van der Waals surface area contributed by atoms with Gasteiger partial charge in [-0.1, -0.05) is 29.8 Å². The summed E-state index contributed by atoms with van der Waals surface area (Å²) in [5, 5.41) is 7.88. The summed E-state index contributed by atoms with van der Waals surface area (Å²) in [7, 11) is -3.57. The van der Waals surface area contributed by atoms with Crippen LogP contribution in [0.15, 0.2) is 60.9 Å². The molecule has 0 aliphatic rings. The molecule has 126 valence electrons. The summed E-state index contributed by atoms with van der Waals surface area (Å²) in [5.74, 6) is -0.0738. The first-order chi connectivity index (χ1) is 12.0. The van der Waals surface area contributed by atoms with E-state index in [0.29, 0.717) is 17.0 Å². The monoisotopic (exact) mass is 352 g/mol.